The summed E-state index contributed by atoms with van der Waals surface area (Å²) in [4.78, 5) is 2.28. The number of halogens is 3. The van der Waals surface area contributed by atoms with Crippen molar-refractivity contribution >= 4 is 22.5 Å². The zero-order chi connectivity index (χ0) is 20.1. The molecule has 0 spiro atoms. The SMILES string of the molecule is CN1CCc2c(n(CC(C)(O)c3ccc(F)cc3F)c3ccc(Cl)cc23)CC1. The Morgan fingerprint density at radius 1 is 1.11 bits per heavy atom. The molecule has 0 fully saturated rings. The van der Waals surface area contributed by atoms with Crippen molar-refractivity contribution in [3.8, 4) is 0 Å². The van der Waals surface area contributed by atoms with E-state index < -0.39 is 17.2 Å². The van der Waals surface area contributed by atoms with Gasteiger partial charge in [0.2, 0.25) is 0 Å². The van der Waals surface area contributed by atoms with Gasteiger partial charge in [-0.25, -0.2) is 8.78 Å². The number of likely N-dealkylation sites (N-methyl/N-ethyl adjacent to an activating group) is 1. The summed E-state index contributed by atoms with van der Waals surface area (Å²) >= 11 is 6.25. The van der Waals surface area contributed by atoms with Crippen LogP contribution >= 0.6 is 11.6 Å². The Bertz CT molecular complexity index is 1040. The van der Waals surface area contributed by atoms with E-state index in [1.54, 1.807) is 6.92 Å². The Hall–Kier alpha value is -1.95. The third kappa shape index (κ3) is 3.43. The normalized spacial score (nSPS) is 17.4. The minimum absolute atomic E-state index is 0.0872. The van der Waals surface area contributed by atoms with Crippen LogP contribution in [0, 0.1) is 11.6 Å². The standard InChI is InChI=1S/C22H23ClF2N2O/c1-22(28,18-5-4-15(24)12-19(18)25)13-27-20-6-3-14(23)11-17(20)16-7-9-26(2)10-8-21(16)27/h3-6,11-12,28H,7-10,13H2,1-2H3. The molecule has 0 radical (unpaired) electrons. The van der Waals surface area contributed by atoms with Crippen molar-refractivity contribution in [2.75, 3.05) is 20.1 Å². The molecule has 1 aliphatic rings. The molecule has 0 saturated carbocycles. The number of hydrogen-bond acceptors (Lipinski definition) is 2. The van der Waals surface area contributed by atoms with Crippen LogP contribution < -0.4 is 0 Å². The topological polar surface area (TPSA) is 28.4 Å². The predicted octanol–water partition coefficient (Wildman–Crippen LogP) is 4.51. The lowest BCUT2D eigenvalue weighted by Gasteiger charge is -2.27. The van der Waals surface area contributed by atoms with E-state index >= 15 is 0 Å². The van der Waals surface area contributed by atoms with Gasteiger partial charge in [-0.2, -0.15) is 0 Å². The van der Waals surface area contributed by atoms with Crippen LogP contribution in [0.5, 0.6) is 0 Å². The van der Waals surface area contributed by atoms with Crippen LogP contribution in [-0.2, 0) is 25.0 Å². The molecule has 1 aliphatic heterocycles. The average molecular weight is 405 g/mol. The van der Waals surface area contributed by atoms with E-state index in [1.165, 1.54) is 17.7 Å². The van der Waals surface area contributed by atoms with Crippen molar-refractivity contribution in [2.24, 2.45) is 0 Å². The average Bonchev–Trinajstić information content (AvgIpc) is 2.75. The van der Waals surface area contributed by atoms with E-state index in [0.717, 1.165) is 48.6 Å². The molecule has 0 aliphatic carbocycles. The lowest BCUT2D eigenvalue weighted by molar-refractivity contribution is 0.0351. The van der Waals surface area contributed by atoms with Crippen LogP contribution in [0.15, 0.2) is 36.4 Å². The van der Waals surface area contributed by atoms with E-state index in [1.807, 2.05) is 18.2 Å². The fourth-order valence-corrected chi connectivity index (χ4v) is 4.40. The van der Waals surface area contributed by atoms with Crippen LogP contribution in [0.4, 0.5) is 8.78 Å². The van der Waals surface area contributed by atoms with Crippen LogP contribution in [0.2, 0.25) is 5.02 Å². The highest BCUT2D eigenvalue weighted by Gasteiger charge is 2.30. The molecule has 0 amide bonds. The molecule has 28 heavy (non-hydrogen) atoms. The van der Waals surface area contributed by atoms with Gasteiger partial charge in [-0.1, -0.05) is 17.7 Å². The molecule has 6 heteroatoms. The smallest absolute Gasteiger partial charge is 0.132 e. The zero-order valence-electron chi connectivity index (χ0n) is 16.0. The highest BCUT2D eigenvalue weighted by molar-refractivity contribution is 6.31. The second kappa shape index (κ2) is 7.14. The number of nitrogens with zero attached hydrogens (tertiary/aromatic N) is 2. The van der Waals surface area contributed by atoms with Crippen molar-refractivity contribution in [1.82, 2.24) is 9.47 Å². The molecule has 1 atom stereocenters. The zero-order valence-corrected chi connectivity index (χ0v) is 16.7. The second-order valence-electron chi connectivity index (χ2n) is 7.87. The van der Waals surface area contributed by atoms with Gasteiger partial charge >= 0.3 is 0 Å². The third-order valence-corrected chi connectivity index (χ3v) is 5.93. The molecule has 1 N–H and O–H groups in total. The van der Waals surface area contributed by atoms with Gasteiger partial charge in [0.1, 0.15) is 17.2 Å². The maximum Gasteiger partial charge on any atom is 0.132 e. The Kier molecular flexibility index (Phi) is 4.94. The Morgan fingerprint density at radius 2 is 1.86 bits per heavy atom. The summed E-state index contributed by atoms with van der Waals surface area (Å²) < 4.78 is 29.8. The summed E-state index contributed by atoms with van der Waals surface area (Å²) in [5, 5.41) is 12.9. The second-order valence-corrected chi connectivity index (χ2v) is 8.31. The Labute approximate surface area is 168 Å². The fraction of sp³-hybridized carbons (Fsp3) is 0.364. The van der Waals surface area contributed by atoms with E-state index in [-0.39, 0.29) is 12.1 Å². The van der Waals surface area contributed by atoms with Crippen LogP contribution in [0.1, 0.15) is 23.7 Å². The number of aromatic nitrogens is 1. The summed E-state index contributed by atoms with van der Waals surface area (Å²) in [6.45, 7) is 3.60. The van der Waals surface area contributed by atoms with Crippen molar-refractivity contribution in [3.05, 3.63) is 69.9 Å². The summed E-state index contributed by atoms with van der Waals surface area (Å²) in [7, 11) is 2.09. The molecular formula is C22H23ClF2N2O. The minimum Gasteiger partial charge on any atom is -0.383 e. The van der Waals surface area contributed by atoms with Crippen LogP contribution in [-0.4, -0.2) is 34.7 Å². The first-order chi connectivity index (χ1) is 13.3. The van der Waals surface area contributed by atoms with Crippen molar-refractivity contribution < 1.29 is 13.9 Å². The molecule has 0 saturated heterocycles. The van der Waals surface area contributed by atoms with E-state index in [9.17, 15) is 13.9 Å². The number of rotatable bonds is 3. The first-order valence-electron chi connectivity index (χ1n) is 9.42. The molecule has 1 unspecified atom stereocenters. The van der Waals surface area contributed by atoms with Crippen molar-refractivity contribution in [1.29, 1.82) is 0 Å². The maximum absolute atomic E-state index is 14.4. The fourth-order valence-electron chi connectivity index (χ4n) is 4.23. The van der Waals surface area contributed by atoms with Gasteiger partial charge in [-0.15, -0.1) is 0 Å². The number of hydrogen-bond donors (Lipinski definition) is 1. The number of fused-ring (bicyclic) bond motifs is 3. The molecule has 1 aromatic heterocycles. The van der Waals surface area contributed by atoms with Crippen molar-refractivity contribution in [2.45, 2.75) is 31.9 Å². The first-order valence-corrected chi connectivity index (χ1v) is 9.80. The van der Waals surface area contributed by atoms with Gasteiger partial charge in [0.25, 0.3) is 0 Å². The van der Waals surface area contributed by atoms with Gasteiger partial charge in [-0.05, 0) is 50.2 Å². The van der Waals surface area contributed by atoms with E-state index in [2.05, 4.69) is 16.5 Å². The van der Waals surface area contributed by atoms with Gasteiger partial charge < -0.3 is 14.6 Å². The highest BCUT2D eigenvalue weighted by Crippen LogP contribution is 2.34. The number of benzene rings is 2. The molecule has 3 nitrogen and oxygen atoms in total. The lowest BCUT2D eigenvalue weighted by atomic mass is 9.95. The maximum atomic E-state index is 14.4. The number of aliphatic hydroxyl groups is 1. The monoisotopic (exact) mass is 404 g/mol. The summed E-state index contributed by atoms with van der Waals surface area (Å²) in [6.07, 6.45) is 1.73. The molecule has 3 aromatic rings. The molecule has 148 valence electrons. The summed E-state index contributed by atoms with van der Waals surface area (Å²) in [6, 6.07) is 9.05. The van der Waals surface area contributed by atoms with Crippen molar-refractivity contribution in [3.63, 3.8) is 0 Å². The lowest BCUT2D eigenvalue weighted by Crippen LogP contribution is -2.30. The molecule has 4 rings (SSSR count). The minimum atomic E-state index is -1.49. The van der Waals surface area contributed by atoms with E-state index in [0.29, 0.717) is 5.02 Å². The molecule has 2 heterocycles. The molecule has 2 aromatic carbocycles. The van der Waals surface area contributed by atoms with Gasteiger partial charge in [-0.3, -0.25) is 0 Å². The van der Waals surface area contributed by atoms with Gasteiger partial charge in [0.05, 0.1) is 6.54 Å². The van der Waals surface area contributed by atoms with Gasteiger partial charge in [0, 0.05) is 52.8 Å². The Balaban J connectivity index is 1.84. The largest absolute Gasteiger partial charge is 0.383 e. The molecule has 0 bridgehead atoms. The third-order valence-electron chi connectivity index (χ3n) is 5.70. The van der Waals surface area contributed by atoms with E-state index in [4.69, 9.17) is 11.6 Å². The van der Waals surface area contributed by atoms with Crippen LogP contribution in [0.25, 0.3) is 10.9 Å². The quantitative estimate of drug-likeness (QED) is 0.695. The Morgan fingerprint density at radius 3 is 2.61 bits per heavy atom. The summed E-state index contributed by atoms with van der Waals surface area (Å²) in [5.74, 6) is -1.40. The molecular weight excluding hydrogens is 382 g/mol. The first kappa shape index (κ1) is 19.4. The van der Waals surface area contributed by atoms with Crippen LogP contribution in [0.3, 0.4) is 0 Å². The predicted molar refractivity (Wildman–Crippen MR) is 108 cm³/mol. The highest BCUT2D eigenvalue weighted by atomic mass is 35.5. The van der Waals surface area contributed by atoms with Gasteiger partial charge in [0.15, 0.2) is 0 Å². The summed E-state index contributed by atoms with van der Waals surface area (Å²) in [5.41, 5.74) is 1.95.